The molecule has 0 saturated heterocycles. The van der Waals surface area contributed by atoms with Gasteiger partial charge in [0.25, 0.3) is 0 Å². The van der Waals surface area contributed by atoms with Crippen LogP contribution in [0.5, 0.6) is 0 Å². The van der Waals surface area contributed by atoms with E-state index in [0.717, 1.165) is 0 Å². The second kappa shape index (κ2) is 7.04. The lowest BCUT2D eigenvalue weighted by molar-refractivity contribution is 0.106. The van der Waals surface area contributed by atoms with E-state index in [1.807, 2.05) is 0 Å². The van der Waals surface area contributed by atoms with Crippen molar-refractivity contribution in [2.75, 3.05) is 0 Å². The van der Waals surface area contributed by atoms with Crippen LogP contribution in [-0.2, 0) is 4.74 Å². The zero-order valence-electron chi connectivity index (χ0n) is 15.1. The van der Waals surface area contributed by atoms with E-state index in [4.69, 9.17) is 4.74 Å². The first-order valence-corrected chi connectivity index (χ1v) is 11.6. The summed E-state index contributed by atoms with van der Waals surface area (Å²) in [6, 6.07) is 14.7. The highest BCUT2D eigenvalue weighted by Crippen LogP contribution is 2.49. The molecule has 122 valence electrons. The smallest absolute Gasteiger partial charge is 0.130 e. The second-order valence-electron chi connectivity index (χ2n) is 7.07. The van der Waals surface area contributed by atoms with Crippen molar-refractivity contribution in [3.05, 3.63) is 46.9 Å². The molecule has 2 rings (SSSR count). The van der Waals surface area contributed by atoms with Crippen LogP contribution in [0.2, 0.25) is 18.1 Å². The molecule has 1 aromatic rings. The minimum absolute atomic E-state index is 0.215. The molecule has 1 aromatic carbocycles. The number of benzene rings is 1. The topological polar surface area (TPSA) is 9.23 Å². The van der Waals surface area contributed by atoms with Crippen LogP contribution in [-0.4, -0.2) is 8.07 Å². The van der Waals surface area contributed by atoms with Crippen LogP contribution in [0.15, 0.2) is 41.3 Å². The third-order valence-electron chi connectivity index (χ3n) is 5.79. The molecule has 0 aromatic heterocycles. The molecule has 0 N–H and O–H groups in total. The standard InChI is InChI=1S/C20H32OSi/c1-7-22(8-2,9-3)20-16(6)18(15(4)5)19(21-20)17-13-11-10-12-14-17/h10-15,18-19H,7-9H2,1-6H3/t18-,19+/m1/s1. The highest BCUT2D eigenvalue weighted by atomic mass is 28.3. The molecule has 2 atom stereocenters. The summed E-state index contributed by atoms with van der Waals surface area (Å²) in [7, 11) is -1.45. The lowest BCUT2D eigenvalue weighted by Gasteiger charge is -2.30. The highest BCUT2D eigenvalue weighted by molar-refractivity contribution is 6.86. The molecule has 0 saturated carbocycles. The highest BCUT2D eigenvalue weighted by Gasteiger charge is 2.45. The van der Waals surface area contributed by atoms with E-state index in [1.54, 1.807) is 5.57 Å². The molecule has 0 spiro atoms. The van der Waals surface area contributed by atoms with Crippen molar-refractivity contribution in [3.8, 4) is 0 Å². The summed E-state index contributed by atoms with van der Waals surface area (Å²) in [4.78, 5) is 0. The monoisotopic (exact) mass is 316 g/mol. The summed E-state index contributed by atoms with van der Waals surface area (Å²) in [5.41, 5.74) is 2.88. The molecule has 0 fully saturated rings. The Morgan fingerprint density at radius 2 is 1.55 bits per heavy atom. The fraction of sp³-hybridized carbons (Fsp3) is 0.600. The molecular formula is C20H32OSi. The van der Waals surface area contributed by atoms with Gasteiger partial charge in [-0.1, -0.05) is 83.1 Å². The average Bonchev–Trinajstić information content (AvgIpc) is 2.89. The van der Waals surface area contributed by atoms with Crippen molar-refractivity contribution in [1.29, 1.82) is 0 Å². The van der Waals surface area contributed by atoms with Crippen LogP contribution in [0.4, 0.5) is 0 Å². The summed E-state index contributed by atoms with van der Waals surface area (Å²) in [6.07, 6.45) is 0.215. The summed E-state index contributed by atoms with van der Waals surface area (Å²) >= 11 is 0. The second-order valence-corrected chi connectivity index (χ2v) is 12.2. The average molecular weight is 317 g/mol. The van der Waals surface area contributed by atoms with Gasteiger partial charge in [0.1, 0.15) is 14.2 Å². The van der Waals surface area contributed by atoms with Crippen molar-refractivity contribution < 1.29 is 4.74 Å². The van der Waals surface area contributed by atoms with Gasteiger partial charge in [0, 0.05) is 5.92 Å². The minimum atomic E-state index is -1.45. The predicted octanol–water partition coefficient (Wildman–Crippen LogP) is 6.35. The van der Waals surface area contributed by atoms with Crippen LogP contribution in [0.25, 0.3) is 0 Å². The van der Waals surface area contributed by atoms with E-state index in [-0.39, 0.29) is 6.10 Å². The van der Waals surface area contributed by atoms with Crippen LogP contribution in [0, 0.1) is 11.8 Å². The molecule has 1 aliphatic rings. The summed E-state index contributed by atoms with van der Waals surface area (Å²) in [5.74, 6) is 1.13. The largest absolute Gasteiger partial charge is 0.495 e. The molecule has 1 nitrogen and oxygen atoms in total. The third-order valence-corrected chi connectivity index (χ3v) is 11.3. The zero-order chi connectivity index (χ0) is 16.3. The predicted molar refractivity (Wildman–Crippen MR) is 98.5 cm³/mol. The Balaban J connectivity index is 2.45. The fourth-order valence-electron chi connectivity index (χ4n) is 4.21. The van der Waals surface area contributed by atoms with E-state index in [2.05, 4.69) is 71.9 Å². The maximum Gasteiger partial charge on any atom is 0.130 e. The van der Waals surface area contributed by atoms with Crippen molar-refractivity contribution >= 4 is 8.07 Å². The van der Waals surface area contributed by atoms with Crippen LogP contribution in [0.3, 0.4) is 0 Å². The molecule has 0 radical (unpaired) electrons. The van der Waals surface area contributed by atoms with E-state index >= 15 is 0 Å². The van der Waals surface area contributed by atoms with E-state index in [1.165, 1.54) is 29.1 Å². The van der Waals surface area contributed by atoms with Crippen molar-refractivity contribution in [3.63, 3.8) is 0 Å². The quantitative estimate of drug-likeness (QED) is 0.555. The Labute approximate surface area is 137 Å². The number of hydrogen-bond donors (Lipinski definition) is 0. The van der Waals surface area contributed by atoms with Gasteiger partial charge in [0.15, 0.2) is 0 Å². The first-order valence-electron chi connectivity index (χ1n) is 8.93. The number of rotatable bonds is 6. The molecule has 0 amide bonds. The molecule has 0 aliphatic carbocycles. The van der Waals surface area contributed by atoms with Gasteiger partial charge in [-0.15, -0.1) is 0 Å². The van der Waals surface area contributed by atoms with Gasteiger partial charge >= 0.3 is 0 Å². The number of ether oxygens (including phenoxy) is 1. The zero-order valence-corrected chi connectivity index (χ0v) is 16.1. The summed E-state index contributed by atoms with van der Waals surface area (Å²) in [5, 5.41) is 1.42. The molecule has 2 heteroatoms. The molecular weight excluding hydrogens is 284 g/mol. The van der Waals surface area contributed by atoms with Gasteiger partial charge in [-0.3, -0.25) is 0 Å². The molecule has 22 heavy (non-hydrogen) atoms. The van der Waals surface area contributed by atoms with E-state index < -0.39 is 8.07 Å². The van der Waals surface area contributed by atoms with Crippen molar-refractivity contribution in [2.45, 2.75) is 65.8 Å². The van der Waals surface area contributed by atoms with Crippen LogP contribution in [0.1, 0.15) is 53.2 Å². The SMILES string of the molecule is CC[Si](CC)(CC)C1=C(C)[C@@H](C(C)C)[C@H](c2ccccc2)O1. The lowest BCUT2D eigenvalue weighted by atomic mass is 9.83. The molecule has 1 heterocycles. The van der Waals surface area contributed by atoms with Crippen molar-refractivity contribution in [2.24, 2.45) is 11.8 Å². The summed E-state index contributed by atoms with van der Waals surface area (Å²) in [6.45, 7) is 14.1. The van der Waals surface area contributed by atoms with Gasteiger partial charge < -0.3 is 4.74 Å². The Hall–Kier alpha value is -1.02. The lowest BCUT2D eigenvalue weighted by Crippen LogP contribution is -2.35. The van der Waals surface area contributed by atoms with E-state index in [0.29, 0.717) is 11.8 Å². The maximum absolute atomic E-state index is 6.71. The van der Waals surface area contributed by atoms with Gasteiger partial charge in [-0.05, 0) is 24.0 Å². The van der Waals surface area contributed by atoms with Gasteiger partial charge in [0.05, 0.1) is 5.38 Å². The van der Waals surface area contributed by atoms with Gasteiger partial charge in [0.2, 0.25) is 0 Å². The fourth-order valence-corrected chi connectivity index (χ4v) is 8.06. The van der Waals surface area contributed by atoms with Crippen LogP contribution >= 0.6 is 0 Å². The maximum atomic E-state index is 6.71. The first kappa shape index (κ1) is 17.3. The van der Waals surface area contributed by atoms with Crippen molar-refractivity contribution in [1.82, 2.24) is 0 Å². The Morgan fingerprint density at radius 1 is 1.00 bits per heavy atom. The molecule has 0 unspecified atom stereocenters. The van der Waals surface area contributed by atoms with E-state index in [9.17, 15) is 0 Å². The normalized spacial score (nSPS) is 22.3. The molecule has 0 bridgehead atoms. The molecule has 1 aliphatic heterocycles. The Bertz CT molecular complexity index is 506. The Kier molecular flexibility index (Phi) is 5.54. The first-order chi connectivity index (χ1) is 10.5. The van der Waals surface area contributed by atoms with Gasteiger partial charge in [-0.2, -0.15) is 0 Å². The third kappa shape index (κ3) is 2.90. The number of hydrogen-bond acceptors (Lipinski definition) is 1. The minimum Gasteiger partial charge on any atom is -0.495 e. The van der Waals surface area contributed by atoms with Crippen LogP contribution < -0.4 is 0 Å². The summed E-state index contributed by atoms with van der Waals surface area (Å²) < 4.78 is 6.71. The van der Waals surface area contributed by atoms with Gasteiger partial charge in [-0.25, -0.2) is 0 Å². The Morgan fingerprint density at radius 3 is 2.00 bits per heavy atom.